The molecule has 0 fully saturated rings. The molecule has 0 aliphatic carbocycles. The maximum atomic E-state index is 11.3. The van der Waals surface area contributed by atoms with Gasteiger partial charge < -0.3 is 9.72 Å². The van der Waals surface area contributed by atoms with E-state index in [1.54, 1.807) is 6.20 Å². The lowest BCUT2D eigenvalue weighted by Crippen LogP contribution is -2.04. The van der Waals surface area contributed by atoms with Gasteiger partial charge in [0, 0.05) is 22.7 Å². The van der Waals surface area contributed by atoms with Crippen LogP contribution in [0.25, 0.3) is 22.2 Å². The molecule has 0 atom stereocenters. The number of fused-ring (bicyclic) bond motifs is 1. The van der Waals surface area contributed by atoms with E-state index in [-0.39, 0.29) is 5.69 Å². The van der Waals surface area contributed by atoms with Gasteiger partial charge in [-0.2, -0.15) is 5.26 Å². The number of aromatic amines is 1. The largest absolute Gasteiger partial charge is 0.464 e. The fraction of sp³-hybridized carbons (Fsp3) is 0.0667. The molecule has 0 spiro atoms. The molecule has 102 valence electrons. The van der Waals surface area contributed by atoms with Crippen molar-refractivity contribution in [1.82, 2.24) is 15.0 Å². The van der Waals surface area contributed by atoms with Crippen molar-refractivity contribution in [1.29, 1.82) is 5.26 Å². The van der Waals surface area contributed by atoms with Gasteiger partial charge in [0.15, 0.2) is 5.69 Å². The number of nitrogens with one attached hydrogen (secondary N) is 1. The minimum Gasteiger partial charge on any atom is -0.464 e. The smallest absolute Gasteiger partial charge is 0.358 e. The van der Waals surface area contributed by atoms with Crippen LogP contribution in [0, 0.1) is 11.3 Å². The number of H-pyrrole nitrogens is 1. The predicted molar refractivity (Wildman–Crippen MR) is 75.4 cm³/mol. The molecule has 0 amide bonds. The highest BCUT2D eigenvalue weighted by Gasteiger charge is 2.10. The van der Waals surface area contributed by atoms with Crippen molar-refractivity contribution in [3.05, 3.63) is 48.0 Å². The fourth-order valence-electron chi connectivity index (χ4n) is 2.06. The number of hydrogen-bond acceptors (Lipinski definition) is 5. The summed E-state index contributed by atoms with van der Waals surface area (Å²) in [5.41, 5.74) is 3.05. The Hall–Kier alpha value is -3.20. The van der Waals surface area contributed by atoms with Crippen molar-refractivity contribution in [3.8, 4) is 17.3 Å². The highest BCUT2D eigenvalue weighted by molar-refractivity contribution is 5.90. The standard InChI is InChI=1S/C15H10N4O2/c1-21-15(20)14-8-18-13(7-19-14)9-2-3-12-11(4-9)10(5-16)6-17-12/h2-4,6-8,17H,1H3. The summed E-state index contributed by atoms with van der Waals surface area (Å²) in [4.78, 5) is 22.6. The summed E-state index contributed by atoms with van der Waals surface area (Å²) < 4.78 is 4.58. The van der Waals surface area contributed by atoms with E-state index < -0.39 is 5.97 Å². The minimum absolute atomic E-state index is 0.154. The third kappa shape index (κ3) is 2.21. The molecular weight excluding hydrogens is 268 g/mol. The lowest BCUT2D eigenvalue weighted by molar-refractivity contribution is 0.0593. The number of benzene rings is 1. The Kier molecular flexibility index (Phi) is 3.09. The van der Waals surface area contributed by atoms with Crippen LogP contribution in [-0.4, -0.2) is 28.0 Å². The summed E-state index contributed by atoms with van der Waals surface area (Å²) in [6, 6.07) is 7.75. The molecular formula is C15H10N4O2. The number of hydrogen-bond donors (Lipinski definition) is 1. The number of nitrogens with zero attached hydrogens (tertiary/aromatic N) is 3. The Morgan fingerprint density at radius 2 is 2.19 bits per heavy atom. The van der Waals surface area contributed by atoms with Crippen LogP contribution in [0.15, 0.2) is 36.8 Å². The van der Waals surface area contributed by atoms with Crippen LogP contribution in [0.1, 0.15) is 16.1 Å². The van der Waals surface area contributed by atoms with Crippen LogP contribution in [0.3, 0.4) is 0 Å². The molecule has 3 rings (SSSR count). The van der Waals surface area contributed by atoms with Crippen LogP contribution < -0.4 is 0 Å². The Bertz CT molecular complexity index is 860. The topological polar surface area (TPSA) is 91.7 Å². The van der Waals surface area contributed by atoms with Gasteiger partial charge >= 0.3 is 5.97 Å². The second kappa shape index (κ2) is 5.06. The third-order valence-corrected chi connectivity index (χ3v) is 3.14. The minimum atomic E-state index is -0.526. The van der Waals surface area contributed by atoms with E-state index in [4.69, 9.17) is 5.26 Å². The van der Waals surface area contributed by atoms with Crippen LogP contribution in [0.4, 0.5) is 0 Å². The van der Waals surface area contributed by atoms with Crippen LogP contribution >= 0.6 is 0 Å². The monoisotopic (exact) mass is 278 g/mol. The number of carbonyl (C=O) groups excluding carboxylic acids is 1. The first kappa shape index (κ1) is 12.8. The van der Waals surface area contributed by atoms with E-state index in [1.165, 1.54) is 19.5 Å². The Labute approximate surface area is 120 Å². The van der Waals surface area contributed by atoms with Gasteiger partial charge in [-0.25, -0.2) is 9.78 Å². The van der Waals surface area contributed by atoms with Gasteiger partial charge in [-0.05, 0) is 12.1 Å². The summed E-state index contributed by atoms with van der Waals surface area (Å²) in [7, 11) is 1.29. The lowest BCUT2D eigenvalue weighted by Gasteiger charge is -2.02. The first-order valence-corrected chi connectivity index (χ1v) is 6.15. The molecule has 2 heterocycles. The zero-order chi connectivity index (χ0) is 14.8. The third-order valence-electron chi connectivity index (χ3n) is 3.14. The summed E-state index contributed by atoms with van der Waals surface area (Å²) in [6.45, 7) is 0. The first-order chi connectivity index (χ1) is 10.2. The van der Waals surface area contributed by atoms with Crippen molar-refractivity contribution in [2.24, 2.45) is 0 Å². The maximum Gasteiger partial charge on any atom is 0.358 e. The number of nitriles is 1. The normalized spacial score (nSPS) is 10.3. The Morgan fingerprint density at radius 3 is 2.86 bits per heavy atom. The molecule has 0 aliphatic heterocycles. The second-order valence-electron chi connectivity index (χ2n) is 4.35. The quantitative estimate of drug-likeness (QED) is 0.726. The van der Waals surface area contributed by atoms with Crippen molar-refractivity contribution in [3.63, 3.8) is 0 Å². The van der Waals surface area contributed by atoms with E-state index in [2.05, 4.69) is 25.8 Å². The Morgan fingerprint density at radius 1 is 1.33 bits per heavy atom. The zero-order valence-electron chi connectivity index (χ0n) is 11.1. The summed E-state index contributed by atoms with van der Waals surface area (Å²) in [5, 5.41) is 9.89. The molecule has 0 bridgehead atoms. The molecule has 0 aliphatic rings. The van der Waals surface area contributed by atoms with Gasteiger partial charge in [-0.3, -0.25) is 4.98 Å². The molecule has 6 heteroatoms. The molecule has 3 aromatic rings. The molecule has 0 saturated heterocycles. The van der Waals surface area contributed by atoms with Gasteiger partial charge in [0.2, 0.25) is 0 Å². The molecule has 0 saturated carbocycles. The van der Waals surface area contributed by atoms with E-state index in [0.717, 1.165) is 16.5 Å². The zero-order valence-corrected chi connectivity index (χ0v) is 11.1. The first-order valence-electron chi connectivity index (χ1n) is 6.15. The average molecular weight is 278 g/mol. The second-order valence-corrected chi connectivity index (χ2v) is 4.35. The van der Waals surface area contributed by atoms with E-state index in [9.17, 15) is 4.79 Å². The number of ether oxygens (including phenoxy) is 1. The Balaban J connectivity index is 2.04. The van der Waals surface area contributed by atoms with Crippen LogP contribution in [-0.2, 0) is 4.74 Å². The van der Waals surface area contributed by atoms with Crippen molar-refractivity contribution < 1.29 is 9.53 Å². The summed E-state index contributed by atoms with van der Waals surface area (Å²) in [6.07, 6.45) is 4.54. The average Bonchev–Trinajstić information content (AvgIpc) is 2.96. The van der Waals surface area contributed by atoms with Crippen molar-refractivity contribution in [2.75, 3.05) is 7.11 Å². The highest BCUT2D eigenvalue weighted by Crippen LogP contribution is 2.24. The van der Waals surface area contributed by atoms with E-state index in [1.807, 2.05) is 18.2 Å². The van der Waals surface area contributed by atoms with E-state index >= 15 is 0 Å². The van der Waals surface area contributed by atoms with Gasteiger partial charge in [-0.1, -0.05) is 6.07 Å². The van der Waals surface area contributed by atoms with Crippen LogP contribution in [0.5, 0.6) is 0 Å². The molecule has 0 radical (unpaired) electrons. The number of carbonyl (C=O) groups is 1. The molecule has 1 aromatic carbocycles. The summed E-state index contributed by atoms with van der Waals surface area (Å²) in [5.74, 6) is -0.526. The van der Waals surface area contributed by atoms with Gasteiger partial charge in [0.05, 0.1) is 30.8 Å². The summed E-state index contributed by atoms with van der Waals surface area (Å²) >= 11 is 0. The number of methoxy groups -OCH3 is 1. The number of esters is 1. The van der Waals surface area contributed by atoms with Crippen LogP contribution in [0.2, 0.25) is 0 Å². The van der Waals surface area contributed by atoms with Crippen molar-refractivity contribution in [2.45, 2.75) is 0 Å². The highest BCUT2D eigenvalue weighted by atomic mass is 16.5. The SMILES string of the molecule is COC(=O)c1cnc(-c2ccc3[nH]cc(C#N)c3c2)cn1. The molecule has 2 aromatic heterocycles. The number of aromatic nitrogens is 3. The van der Waals surface area contributed by atoms with Gasteiger partial charge in [0.1, 0.15) is 6.07 Å². The van der Waals surface area contributed by atoms with E-state index in [0.29, 0.717) is 11.3 Å². The molecule has 6 nitrogen and oxygen atoms in total. The van der Waals surface area contributed by atoms with Gasteiger partial charge in [-0.15, -0.1) is 0 Å². The lowest BCUT2D eigenvalue weighted by atomic mass is 10.1. The fourth-order valence-corrected chi connectivity index (χ4v) is 2.06. The molecule has 0 unspecified atom stereocenters. The molecule has 1 N–H and O–H groups in total. The maximum absolute atomic E-state index is 11.3. The predicted octanol–water partition coefficient (Wildman–Crippen LogP) is 2.28. The number of rotatable bonds is 2. The molecule has 21 heavy (non-hydrogen) atoms. The van der Waals surface area contributed by atoms with Crippen molar-refractivity contribution >= 4 is 16.9 Å². The van der Waals surface area contributed by atoms with Gasteiger partial charge in [0.25, 0.3) is 0 Å².